The normalized spacial score (nSPS) is 16.4. The summed E-state index contributed by atoms with van der Waals surface area (Å²) in [5.74, 6) is 0.602. The molecule has 1 aromatic rings. The third-order valence-electron chi connectivity index (χ3n) is 3.36. The summed E-state index contributed by atoms with van der Waals surface area (Å²) in [6.07, 6.45) is 4.56. The summed E-state index contributed by atoms with van der Waals surface area (Å²) >= 11 is 0. The van der Waals surface area contributed by atoms with E-state index < -0.39 is 0 Å². The lowest BCUT2D eigenvalue weighted by atomic mass is 9.97. The van der Waals surface area contributed by atoms with Crippen LogP contribution in [0.2, 0.25) is 0 Å². The van der Waals surface area contributed by atoms with E-state index in [1.807, 2.05) is 0 Å². The molecule has 1 heterocycles. The highest BCUT2D eigenvalue weighted by Gasteiger charge is 2.29. The molecule has 0 atom stereocenters. The monoisotopic (exact) mass is 237 g/mol. The van der Waals surface area contributed by atoms with E-state index in [1.165, 1.54) is 12.8 Å². The summed E-state index contributed by atoms with van der Waals surface area (Å²) in [5, 5.41) is 4.19. The van der Waals surface area contributed by atoms with Crippen LogP contribution in [0.1, 0.15) is 54.6 Å². The Morgan fingerprint density at radius 1 is 1.53 bits per heavy atom. The molecule has 1 aliphatic carbocycles. The standard InChI is InChI=1S/C12H19N3O2/c1-3-17-12(16)10-9(8-6-4-5-7-8)11(13)15(2)14-10/h8H,3-7,13H2,1-2H3. The Labute approximate surface area is 101 Å². The molecule has 0 aliphatic heterocycles. The van der Waals surface area contributed by atoms with E-state index >= 15 is 0 Å². The highest BCUT2D eigenvalue weighted by atomic mass is 16.5. The van der Waals surface area contributed by atoms with Crippen molar-refractivity contribution in [2.45, 2.75) is 38.5 Å². The minimum atomic E-state index is -0.360. The molecule has 0 bridgehead atoms. The third-order valence-corrected chi connectivity index (χ3v) is 3.36. The molecule has 0 aromatic carbocycles. The van der Waals surface area contributed by atoms with Gasteiger partial charge in [0.1, 0.15) is 5.82 Å². The number of hydrogen-bond acceptors (Lipinski definition) is 4. The Hall–Kier alpha value is -1.52. The molecule has 0 spiro atoms. The predicted octanol–water partition coefficient (Wildman–Crippen LogP) is 1.84. The molecule has 1 fully saturated rings. The van der Waals surface area contributed by atoms with Crippen molar-refractivity contribution in [1.82, 2.24) is 9.78 Å². The van der Waals surface area contributed by atoms with Crippen molar-refractivity contribution >= 4 is 11.8 Å². The van der Waals surface area contributed by atoms with Crippen LogP contribution in [-0.4, -0.2) is 22.4 Å². The molecular formula is C12H19N3O2. The molecule has 0 unspecified atom stereocenters. The maximum atomic E-state index is 11.8. The highest BCUT2D eigenvalue weighted by molar-refractivity contribution is 5.90. The van der Waals surface area contributed by atoms with E-state index in [9.17, 15) is 4.79 Å². The zero-order valence-electron chi connectivity index (χ0n) is 10.4. The zero-order valence-corrected chi connectivity index (χ0v) is 10.4. The number of nitrogens with two attached hydrogens (primary N) is 1. The van der Waals surface area contributed by atoms with E-state index in [-0.39, 0.29) is 5.97 Å². The van der Waals surface area contributed by atoms with E-state index in [2.05, 4.69) is 5.10 Å². The van der Waals surface area contributed by atoms with Crippen molar-refractivity contribution in [1.29, 1.82) is 0 Å². The quantitative estimate of drug-likeness (QED) is 0.814. The fourth-order valence-corrected chi connectivity index (χ4v) is 2.52. The van der Waals surface area contributed by atoms with E-state index in [1.54, 1.807) is 18.7 Å². The summed E-state index contributed by atoms with van der Waals surface area (Å²) in [6.45, 7) is 2.15. The molecule has 5 nitrogen and oxygen atoms in total. The average molecular weight is 237 g/mol. The van der Waals surface area contributed by atoms with Crippen LogP contribution in [0.4, 0.5) is 5.82 Å². The average Bonchev–Trinajstić information content (AvgIpc) is 2.89. The van der Waals surface area contributed by atoms with Crippen LogP contribution in [0.15, 0.2) is 0 Å². The van der Waals surface area contributed by atoms with Crippen LogP contribution >= 0.6 is 0 Å². The topological polar surface area (TPSA) is 70.1 Å². The lowest BCUT2D eigenvalue weighted by Crippen LogP contribution is -2.10. The summed E-state index contributed by atoms with van der Waals surface area (Å²) in [4.78, 5) is 11.8. The first-order chi connectivity index (χ1) is 8.15. The van der Waals surface area contributed by atoms with Crippen molar-refractivity contribution in [3.8, 4) is 0 Å². The molecule has 5 heteroatoms. The number of hydrogen-bond donors (Lipinski definition) is 1. The van der Waals surface area contributed by atoms with Crippen molar-refractivity contribution in [2.75, 3.05) is 12.3 Å². The number of carbonyl (C=O) groups is 1. The number of ether oxygens (including phenoxy) is 1. The SMILES string of the molecule is CCOC(=O)c1nn(C)c(N)c1C1CCCC1. The van der Waals surface area contributed by atoms with Gasteiger partial charge in [0, 0.05) is 12.6 Å². The first-order valence-corrected chi connectivity index (χ1v) is 6.14. The van der Waals surface area contributed by atoms with Gasteiger partial charge in [0.2, 0.25) is 0 Å². The molecule has 94 valence electrons. The molecule has 1 aliphatic rings. The van der Waals surface area contributed by atoms with Gasteiger partial charge in [-0.2, -0.15) is 5.10 Å². The summed E-state index contributed by atoms with van der Waals surface area (Å²) in [5.41, 5.74) is 7.30. The van der Waals surface area contributed by atoms with Gasteiger partial charge < -0.3 is 10.5 Å². The number of nitrogen functional groups attached to an aromatic ring is 1. The van der Waals surface area contributed by atoms with Gasteiger partial charge in [0.05, 0.1) is 6.61 Å². The summed E-state index contributed by atoms with van der Waals surface area (Å²) in [7, 11) is 1.76. The van der Waals surface area contributed by atoms with Gasteiger partial charge in [-0.05, 0) is 25.7 Å². The van der Waals surface area contributed by atoms with Crippen molar-refractivity contribution in [3.63, 3.8) is 0 Å². The number of aromatic nitrogens is 2. The lowest BCUT2D eigenvalue weighted by Gasteiger charge is -2.10. The molecule has 1 saturated carbocycles. The van der Waals surface area contributed by atoms with Crippen LogP contribution in [0.25, 0.3) is 0 Å². The summed E-state index contributed by atoms with van der Waals surface area (Å²) < 4.78 is 6.60. The van der Waals surface area contributed by atoms with Gasteiger partial charge >= 0.3 is 5.97 Å². The highest BCUT2D eigenvalue weighted by Crippen LogP contribution is 2.38. The number of anilines is 1. The molecule has 1 aromatic heterocycles. The number of rotatable bonds is 3. The molecule has 0 saturated heterocycles. The number of esters is 1. The second-order valence-corrected chi connectivity index (χ2v) is 4.47. The maximum Gasteiger partial charge on any atom is 0.359 e. The van der Waals surface area contributed by atoms with Crippen molar-refractivity contribution < 1.29 is 9.53 Å². The largest absolute Gasteiger partial charge is 0.461 e. The van der Waals surface area contributed by atoms with Crippen LogP contribution in [0.3, 0.4) is 0 Å². The van der Waals surface area contributed by atoms with Crippen LogP contribution < -0.4 is 5.73 Å². The maximum absolute atomic E-state index is 11.8. The first kappa shape index (κ1) is 12.0. The molecule has 0 radical (unpaired) electrons. The van der Waals surface area contributed by atoms with Gasteiger partial charge in [-0.1, -0.05) is 12.8 Å². The Kier molecular flexibility index (Phi) is 3.36. The Morgan fingerprint density at radius 3 is 2.76 bits per heavy atom. The molecule has 0 amide bonds. The molecule has 2 N–H and O–H groups in total. The van der Waals surface area contributed by atoms with Gasteiger partial charge in [0.15, 0.2) is 5.69 Å². The fourth-order valence-electron chi connectivity index (χ4n) is 2.52. The van der Waals surface area contributed by atoms with Gasteiger partial charge in [-0.15, -0.1) is 0 Å². The number of aryl methyl sites for hydroxylation is 1. The Balaban J connectivity index is 2.37. The van der Waals surface area contributed by atoms with Crippen LogP contribution in [0.5, 0.6) is 0 Å². The van der Waals surface area contributed by atoms with Crippen LogP contribution in [-0.2, 0) is 11.8 Å². The van der Waals surface area contributed by atoms with Crippen molar-refractivity contribution in [2.24, 2.45) is 7.05 Å². The van der Waals surface area contributed by atoms with E-state index in [4.69, 9.17) is 10.5 Å². The minimum Gasteiger partial charge on any atom is -0.461 e. The lowest BCUT2D eigenvalue weighted by molar-refractivity contribution is 0.0516. The molecule has 17 heavy (non-hydrogen) atoms. The number of nitrogens with zero attached hydrogens (tertiary/aromatic N) is 2. The minimum absolute atomic E-state index is 0.360. The Bertz CT molecular complexity index is 420. The molecular weight excluding hydrogens is 218 g/mol. The predicted molar refractivity (Wildman–Crippen MR) is 64.8 cm³/mol. The van der Waals surface area contributed by atoms with E-state index in [0.29, 0.717) is 24.0 Å². The zero-order chi connectivity index (χ0) is 12.4. The molecule has 2 rings (SSSR count). The van der Waals surface area contributed by atoms with Crippen LogP contribution in [0, 0.1) is 0 Å². The van der Waals surface area contributed by atoms with Gasteiger partial charge in [-0.3, -0.25) is 4.68 Å². The van der Waals surface area contributed by atoms with Gasteiger partial charge in [0.25, 0.3) is 0 Å². The summed E-state index contributed by atoms with van der Waals surface area (Å²) in [6, 6.07) is 0. The van der Waals surface area contributed by atoms with Gasteiger partial charge in [-0.25, -0.2) is 4.79 Å². The van der Waals surface area contributed by atoms with E-state index in [0.717, 1.165) is 18.4 Å². The first-order valence-electron chi connectivity index (χ1n) is 6.14. The third kappa shape index (κ3) is 2.14. The second-order valence-electron chi connectivity index (χ2n) is 4.47. The number of carbonyl (C=O) groups excluding carboxylic acids is 1. The smallest absolute Gasteiger partial charge is 0.359 e. The van der Waals surface area contributed by atoms with Crippen molar-refractivity contribution in [3.05, 3.63) is 11.3 Å². The second kappa shape index (κ2) is 4.77. The fraction of sp³-hybridized carbons (Fsp3) is 0.667. The Morgan fingerprint density at radius 2 is 2.18 bits per heavy atom.